The smallest absolute Gasteiger partial charge is 0.356 e. The Morgan fingerprint density at radius 2 is 2.03 bits per heavy atom. The number of piperidine rings is 1. The van der Waals surface area contributed by atoms with Gasteiger partial charge in [0.25, 0.3) is 0 Å². The van der Waals surface area contributed by atoms with Crippen molar-refractivity contribution in [3.63, 3.8) is 0 Å². The Labute approximate surface area is 202 Å². The van der Waals surface area contributed by atoms with Gasteiger partial charge >= 0.3 is 6.18 Å². The number of aryl methyl sites for hydroxylation is 1. The molecule has 172 valence electrons. The normalized spacial score (nSPS) is 16.1. The molecule has 1 saturated heterocycles. The van der Waals surface area contributed by atoms with Gasteiger partial charge in [-0.25, -0.2) is 4.98 Å². The van der Waals surface area contributed by atoms with Crippen molar-refractivity contribution < 1.29 is 13.2 Å². The molecular formula is C21H29F3IN5S. The van der Waals surface area contributed by atoms with Gasteiger partial charge in [-0.3, -0.25) is 9.89 Å². The number of hydrogen-bond donors (Lipinski definition) is 2. The lowest BCUT2D eigenvalue weighted by Gasteiger charge is -2.33. The second-order valence-electron chi connectivity index (χ2n) is 7.51. The predicted molar refractivity (Wildman–Crippen MR) is 130 cm³/mol. The molecule has 0 bridgehead atoms. The fraction of sp³-hybridized carbons (Fsp3) is 0.524. The maximum Gasteiger partial charge on any atom is 0.416 e. The third-order valence-corrected chi connectivity index (χ3v) is 6.09. The summed E-state index contributed by atoms with van der Waals surface area (Å²) in [4.78, 5) is 12.1. The molecule has 2 N–H and O–H groups in total. The average Bonchev–Trinajstić information content (AvgIpc) is 3.13. The van der Waals surface area contributed by atoms with Gasteiger partial charge in [0.2, 0.25) is 0 Å². The summed E-state index contributed by atoms with van der Waals surface area (Å²) in [5, 5.41) is 7.90. The standard InChI is InChI=1S/C21H28F3N5S.HI/c1-15-13-27-19(30-15)6-9-26-20(25-2)28-18-7-10-29(11-8-18)14-16-4-3-5-17(12-16)21(22,23)24;/h3-5,12-13,18H,6-11,14H2,1-2H3,(H2,25,26,28);1H. The zero-order chi connectivity index (χ0) is 21.6. The number of nitrogens with one attached hydrogen (secondary N) is 2. The second-order valence-corrected chi connectivity index (χ2v) is 8.83. The number of thiazole rings is 1. The first kappa shape index (κ1) is 25.9. The summed E-state index contributed by atoms with van der Waals surface area (Å²) in [7, 11) is 1.76. The van der Waals surface area contributed by atoms with Crippen molar-refractivity contribution in [3.05, 3.63) is 51.5 Å². The Hall–Kier alpha value is -1.40. The molecule has 0 unspecified atom stereocenters. The number of aromatic nitrogens is 1. The van der Waals surface area contributed by atoms with Crippen LogP contribution in [0.4, 0.5) is 13.2 Å². The first-order valence-electron chi connectivity index (χ1n) is 10.1. The van der Waals surface area contributed by atoms with Gasteiger partial charge in [-0.2, -0.15) is 13.2 Å². The molecule has 3 rings (SSSR count). The molecule has 0 spiro atoms. The summed E-state index contributed by atoms with van der Waals surface area (Å²) in [5.74, 6) is 0.777. The Kier molecular flexibility index (Phi) is 10.0. The highest BCUT2D eigenvalue weighted by molar-refractivity contribution is 14.0. The van der Waals surface area contributed by atoms with Crippen LogP contribution < -0.4 is 10.6 Å². The van der Waals surface area contributed by atoms with E-state index in [-0.39, 0.29) is 24.0 Å². The molecule has 31 heavy (non-hydrogen) atoms. The number of rotatable bonds is 6. The number of nitrogens with zero attached hydrogens (tertiary/aromatic N) is 3. The highest BCUT2D eigenvalue weighted by Gasteiger charge is 2.30. The lowest BCUT2D eigenvalue weighted by atomic mass is 10.0. The zero-order valence-corrected chi connectivity index (χ0v) is 20.9. The minimum atomic E-state index is -4.30. The Bertz CT molecular complexity index is 848. The van der Waals surface area contributed by atoms with Crippen molar-refractivity contribution in [3.8, 4) is 0 Å². The molecule has 2 heterocycles. The van der Waals surface area contributed by atoms with Crippen LogP contribution in [0, 0.1) is 6.92 Å². The van der Waals surface area contributed by atoms with E-state index in [1.54, 1.807) is 24.5 Å². The first-order valence-corrected chi connectivity index (χ1v) is 10.9. The minimum Gasteiger partial charge on any atom is -0.356 e. The highest BCUT2D eigenvalue weighted by atomic mass is 127. The number of halogens is 4. The van der Waals surface area contributed by atoms with Crippen molar-refractivity contribution in [2.24, 2.45) is 4.99 Å². The molecular weight excluding hydrogens is 538 g/mol. The van der Waals surface area contributed by atoms with Crippen LogP contribution in [0.3, 0.4) is 0 Å². The molecule has 1 aliphatic heterocycles. The molecule has 1 fully saturated rings. The predicted octanol–water partition coefficient (Wildman–Crippen LogP) is 4.46. The lowest BCUT2D eigenvalue weighted by molar-refractivity contribution is -0.137. The van der Waals surface area contributed by atoms with E-state index in [0.29, 0.717) is 18.2 Å². The summed E-state index contributed by atoms with van der Waals surface area (Å²) >= 11 is 1.71. The number of guanidine groups is 1. The molecule has 10 heteroatoms. The molecule has 1 aliphatic rings. The van der Waals surface area contributed by atoms with Crippen LogP contribution in [0.2, 0.25) is 0 Å². The van der Waals surface area contributed by atoms with Gasteiger partial charge in [-0.15, -0.1) is 35.3 Å². The van der Waals surface area contributed by atoms with Crippen molar-refractivity contribution in [1.82, 2.24) is 20.5 Å². The van der Waals surface area contributed by atoms with Gasteiger partial charge in [0.15, 0.2) is 5.96 Å². The number of hydrogen-bond acceptors (Lipinski definition) is 4. The van der Waals surface area contributed by atoms with Crippen molar-refractivity contribution in [2.45, 2.75) is 44.9 Å². The fourth-order valence-electron chi connectivity index (χ4n) is 3.53. The van der Waals surface area contributed by atoms with Crippen LogP contribution in [-0.2, 0) is 19.1 Å². The van der Waals surface area contributed by atoms with Crippen LogP contribution >= 0.6 is 35.3 Å². The molecule has 0 saturated carbocycles. The third kappa shape index (κ3) is 8.23. The van der Waals surface area contributed by atoms with E-state index >= 15 is 0 Å². The summed E-state index contributed by atoms with van der Waals surface area (Å²) in [6.07, 6.45) is 0.291. The maximum atomic E-state index is 12.9. The quantitative estimate of drug-likeness (QED) is 0.308. The molecule has 2 aromatic rings. The second kappa shape index (κ2) is 12.0. The van der Waals surface area contributed by atoms with Crippen molar-refractivity contribution in [1.29, 1.82) is 0 Å². The van der Waals surface area contributed by atoms with Crippen molar-refractivity contribution in [2.75, 3.05) is 26.7 Å². The van der Waals surface area contributed by atoms with Crippen LogP contribution in [0.5, 0.6) is 0 Å². The summed E-state index contributed by atoms with van der Waals surface area (Å²) in [6, 6.07) is 5.91. The topological polar surface area (TPSA) is 52.6 Å². The molecule has 0 amide bonds. The Balaban J connectivity index is 0.00000341. The molecule has 5 nitrogen and oxygen atoms in total. The van der Waals surface area contributed by atoms with Crippen LogP contribution in [-0.4, -0.2) is 48.6 Å². The van der Waals surface area contributed by atoms with E-state index in [9.17, 15) is 13.2 Å². The van der Waals surface area contributed by atoms with Gasteiger partial charge in [-0.1, -0.05) is 18.2 Å². The molecule has 0 aliphatic carbocycles. The van der Waals surface area contributed by atoms with Gasteiger partial charge < -0.3 is 10.6 Å². The minimum absolute atomic E-state index is 0. The van der Waals surface area contributed by atoms with Crippen LogP contribution in [0.15, 0.2) is 35.5 Å². The van der Waals surface area contributed by atoms with E-state index in [4.69, 9.17) is 0 Å². The number of benzene rings is 1. The van der Waals surface area contributed by atoms with E-state index in [2.05, 4.69) is 32.4 Å². The Morgan fingerprint density at radius 1 is 1.29 bits per heavy atom. The monoisotopic (exact) mass is 567 g/mol. The summed E-state index contributed by atoms with van der Waals surface area (Å²) < 4.78 is 38.7. The third-order valence-electron chi connectivity index (χ3n) is 5.11. The lowest BCUT2D eigenvalue weighted by Crippen LogP contribution is -2.48. The van der Waals surface area contributed by atoms with Gasteiger partial charge in [-0.05, 0) is 31.4 Å². The highest BCUT2D eigenvalue weighted by Crippen LogP contribution is 2.30. The van der Waals surface area contributed by atoms with Crippen molar-refractivity contribution >= 4 is 41.3 Å². The van der Waals surface area contributed by atoms with Gasteiger partial charge in [0, 0.05) is 56.8 Å². The molecule has 0 atom stereocenters. The number of alkyl halides is 3. The SMILES string of the molecule is CN=C(NCCc1ncc(C)s1)NC1CCN(Cc2cccc(C(F)(F)F)c2)CC1.I. The van der Waals surface area contributed by atoms with E-state index in [0.717, 1.165) is 55.9 Å². The molecule has 1 aromatic carbocycles. The Morgan fingerprint density at radius 3 is 2.65 bits per heavy atom. The molecule has 1 aromatic heterocycles. The summed E-state index contributed by atoms with van der Waals surface area (Å²) in [5.41, 5.74) is 0.116. The average molecular weight is 567 g/mol. The van der Waals surface area contributed by atoms with Crippen LogP contribution in [0.1, 0.15) is 33.9 Å². The fourth-order valence-corrected chi connectivity index (χ4v) is 4.32. The van der Waals surface area contributed by atoms with E-state index in [1.807, 2.05) is 6.20 Å². The van der Waals surface area contributed by atoms with E-state index in [1.165, 1.54) is 17.0 Å². The largest absolute Gasteiger partial charge is 0.416 e. The number of likely N-dealkylation sites (tertiary alicyclic amines) is 1. The van der Waals surface area contributed by atoms with Gasteiger partial charge in [0.1, 0.15) is 0 Å². The number of aliphatic imine (C=N–C) groups is 1. The molecule has 0 radical (unpaired) electrons. The first-order chi connectivity index (χ1) is 14.3. The zero-order valence-electron chi connectivity index (χ0n) is 17.7. The van der Waals surface area contributed by atoms with E-state index < -0.39 is 11.7 Å². The maximum absolute atomic E-state index is 12.9. The summed E-state index contributed by atoms with van der Waals surface area (Å²) in [6.45, 7) is 5.03. The van der Waals surface area contributed by atoms with Crippen LogP contribution in [0.25, 0.3) is 0 Å². The van der Waals surface area contributed by atoms with Gasteiger partial charge in [0.05, 0.1) is 10.6 Å².